The Labute approximate surface area is 211 Å². The standard InChI is InChI=1S/C29H31N5O2/c1-4-8-23(13-14-30)33-15-17-34(18-16-33)29(36)22-12-11-20(2)26(19-22)31-21(3)27-24-9-6-5-7-10-25(24)32-28(27)35/h4-14,19H,1,15-18,30H2,2-3H3,(H,32,35)/b14-13-,23-8+,31-21+. The molecular weight excluding hydrogens is 450 g/mol. The number of aromatic nitrogens is 1. The van der Waals surface area contributed by atoms with E-state index in [1.54, 1.807) is 6.08 Å². The quantitative estimate of drug-likeness (QED) is 0.407. The van der Waals surface area contributed by atoms with Crippen LogP contribution in [0.15, 0.2) is 95.0 Å². The van der Waals surface area contributed by atoms with Crippen molar-refractivity contribution in [1.29, 1.82) is 0 Å². The summed E-state index contributed by atoms with van der Waals surface area (Å²) in [5.41, 5.74) is 11.3. The fourth-order valence-electron chi connectivity index (χ4n) is 4.48. The van der Waals surface area contributed by atoms with E-state index in [1.165, 1.54) is 6.20 Å². The zero-order valence-electron chi connectivity index (χ0n) is 20.7. The molecule has 1 aliphatic carbocycles. The number of H-pyrrole nitrogens is 1. The molecule has 0 bridgehead atoms. The van der Waals surface area contributed by atoms with E-state index in [0.29, 0.717) is 48.7 Å². The van der Waals surface area contributed by atoms with E-state index in [0.717, 1.165) is 22.5 Å². The topological polar surface area (TPSA) is 94.8 Å². The second-order valence-corrected chi connectivity index (χ2v) is 8.73. The van der Waals surface area contributed by atoms with Crippen molar-refractivity contribution in [1.82, 2.24) is 14.8 Å². The third-order valence-corrected chi connectivity index (χ3v) is 6.38. The number of aryl methyl sites for hydroxylation is 1. The minimum Gasteiger partial charge on any atom is -0.405 e. The molecule has 2 heterocycles. The number of nitrogens with two attached hydrogens (primary N) is 1. The molecule has 36 heavy (non-hydrogen) atoms. The third-order valence-electron chi connectivity index (χ3n) is 6.38. The molecule has 184 valence electrons. The van der Waals surface area contributed by atoms with Crippen molar-refractivity contribution in [2.75, 3.05) is 26.2 Å². The summed E-state index contributed by atoms with van der Waals surface area (Å²) in [4.78, 5) is 37.7. The monoisotopic (exact) mass is 481 g/mol. The molecule has 0 unspecified atom stereocenters. The first kappa shape index (κ1) is 24.7. The average Bonchev–Trinajstić information content (AvgIpc) is 3.02. The highest BCUT2D eigenvalue weighted by Gasteiger charge is 2.23. The van der Waals surface area contributed by atoms with E-state index in [1.807, 2.05) is 79.4 Å². The Morgan fingerprint density at radius 3 is 2.53 bits per heavy atom. The SMILES string of the molecule is C=C/C=C(\C=C/N)N1CCN(C(=O)c2ccc(C)c(/N=C(\C)c3c4cccccc-4[nH]c3=O)c2)CC1. The normalized spacial score (nSPS) is 15.1. The van der Waals surface area contributed by atoms with Gasteiger partial charge in [0.25, 0.3) is 11.5 Å². The van der Waals surface area contributed by atoms with E-state index >= 15 is 0 Å². The molecule has 1 fully saturated rings. The van der Waals surface area contributed by atoms with E-state index in [2.05, 4.69) is 16.5 Å². The summed E-state index contributed by atoms with van der Waals surface area (Å²) in [5, 5.41) is 0. The van der Waals surface area contributed by atoms with Gasteiger partial charge < -0.3 is 20.5 Å². The number of carbonyl (C=O) groups is 1. The van der Waals surface area contributed by atoms with Crippen molar-refractivity contribution < 1.29 is 4.79 Å². The van der Waals surface area contributed by atoms with Gasteiger partial charge in [-0.15, -0.1) is 0 Å². The second-order valence-electron chi connectivity index (χ2n) is 8.73. The molecule has 0 atom stereocenters. The van der Waals surface area contributed by atoms with Gasteiger partial charge in [0.05, 0.1) is 17.0 Å². The Morgan fingerprint density at radius 1 is 1.08 bits per heavy atom. The molecule has 1 aromatic carbocycles. The minimum atomic E-state index is -0.172. The molecular formula is C29H31N5O2. The van der Waals surface area contributed by atoms with E-state index in [-0.39, 0.29) is 11.5 Å². The van der Waals surface area contributed by atoms with Gasteiger partial charge in [0.1, 0.15) is 0 Å². The van der Waals surface area contributed by atoms with Gasteiger partial charge in [-0.05, 0) is 56.0 Å². The maximum atomic E-state index is 13.3. The summed E-state index contributed by atoms with van der Waals surface area (Å²) in [7, 11) is 0. The highest BCUT2D eigenvalue weighted by atomic mass is 16.2. The fourth-order valence-corrected chi connectivity index (χ4v) is 4.48. The Balaban J connectivity index is 1.56. The summed E-state index contributed by atoms with van der Waals surface area (Å²) < 4.78 is 0. The Kier molecular flexibility index (Phi) is 7.49. The maximum Gasteiger partial charge on any atom is 0.258 e. The second kappa shape index (κ2) is 10.9. The number of aromatic amines is 1. The predicted octanol–water partition coefficient (Wildman–Crippen LogP) is 4.23. The number of fused-ring (bicyclic) bond motifs is 1. The number of aliphatic imine (C=N–C) groups is 1. The zero-order chi connectivity index (χ0) is 25.7. The molecule has 3 N–H and O–H groups in total. The van der Waals surface area contributed by atoms with Crippen LogP contribution >= 0.6 is 0 Å². The Morgan fingerprint density at radius 2 is 1.81 bits per heavy atom. The molecule has 7 heteroatoms. The van der Waals surface area contributed by atoms with Crippen molar-refractivity contribution in [2.45, 2.75) is 13.8 Å². The van der Waals surface area contributed by atoms with Crippen LogP contribution in [0.3, 0.4) is 0 Å². The number of piperazine rings is 1. The molecule has 0 radical (unpaired) electrons. The van der Waals surface area contributed by atoms with Crippen LogP contribution in [-0.4, -0.2) is 52.6 Å². The number of amides is 1. The Hall–Kier alpha value is -4.39. The summed E-state index contributed by atoms with van der Waals surface area (Å²) in [6.45, 7) is 10.1. The van der Waals surface area contributed by atoms with Crippen LogP contribution in [0.4, 0.5) is 5.69 Å². The van der Waals surface area contributed by atoms with Crippen LogP contribution in [-0.2, 0) is 0 Å². The number of allylic oxidation sites excluding steroid dienone is 3. The molecule has 0 spiro atoms. The van der Waals surface area contributed by atoms with Crippen LogP contribution in [0.1, 0.15) is 28.4 Å². The van der Waals surface area contributed by atoms with Gasteiger partial charge in [0, 0.05) is 48.7 Å². The minimum absolute atomic E-state index is 0.0315. The van der Waals surface area contributed by atoms with Gasteiger partial charge in [-0.1, -0.05) is 43.0 Å². The highest BCUT2D eigenvalue weighted by molar-refractivity contribution is 6.06. The number of benzene rings is 1. The predicted molar refractivity (Wildman–Crippen MR) is 146 cm³/mol. The number of nitrogens with zero attached hydrogens (tertiary/aromatic N) is 3. The van der Waals surface area contributed by atoms with Gasteiger partial charge in [-0.25, -0.2) is 0 Å². The number of carbonyl (C=O) groups excluding carboxylic acids is 1. The summed E-state index contributed by atoms with van der Waals surface area (Å²) in [6.07, 6.45) is 6.99. The smallest absolute Gasteiger partial charge is 0.258 e. The van der Waals surface area contributed by atoms with Crippen molar-refractivity contribution in [2.24, 2.45) is 10.7 Å². The van der Waals surface area contributed by atoms with Gasteiger partial charge in [-0.2, -0.15) is 0 Å². The van der Waals surface area contributed by atoms with Crippen LogP contribution in [0.5, 0.6) is 0 Å². The maximum absolute atomic E-state index is 13.3. The number of nitrogens with one attached hydrogen (secondary N) is 1. The zero-order valence-corrected chi connectivity index (χ0v) is 20.7. The van der Waals surface area contributed by atoms with E-state index in [9.17, 15) is 9.59 Å². The lowest BCUT2D eigenvalue weighted by molar-refractivity contribution is 0.0672. The molecule has 0 aromatic heterocycles. The lowest BCUT2D eigenvalue weighted by atomic mass is 10.1. The van der Waals surface area contributed by atoms with Gasteiger partial charge in [0.15, 0.2) is 0 Å². The van der Waals surface area contributed by atoms with Crippen LogP contribution in [0, 0.1) is 6.92 Å². The lowest BCUT2D eigenvalue weighted by Gasteiger charge is -2.36. The van der Waals surface area contributed by atoms with Gasteiger partial charge >= 0.3 is 0 Å². The van der Waals surface area contributed by atoms with Crippen molar-refractivity contribution in [3.8, 4) is 11.3 Å². The Bertz CT molecular complexity index is 1390. The molecule has 0 saturated carbocycles. The third kappa shape index (κ3) is 5.15. The number of rotatable bonds is 6. The van der Waals surface area contributed by atoms with E-state index in [4.69, 9.17) is 10.7 Å². The molecule has 2 aliphatic heterocycles. The molecule has 1 saturated heterocycles. The summed E-state index contributed by atoms with van der Waals surface area (Å²) >= 11 is 0. The molecule has 4 rings (SSSR count). The molecule has 7 nitrogen and oxygen atoms in total. The molecule has 1 aromatic rings. The van der Waals surface area contributed by atoms with Crippen LogP contribution in [0.25, 0.3) is 11.3 Å². The van der Waals surface area contributed by atoms with Crippen LogP contribution in [0.2, 0.25) is 0 Å². The number of hydrogen-bond donors (Lipinski definition) is 2. The first-order chi connectivity index (χ1) is 17.4. The van der Waals surface area contributed by atoms with Crippen molar-refractivity contribution in [3.63, 3.8) is 0 Å². The van der Waals surface area contributed by atoms with E-state index < -0.39 is 0 Å². The van der Waals surface area contributed by atoms with Gasteiger partial charge in [0.2, 0.25) is 0 Å². The van der Waals surface area contributed by atoms with Crippen LogP contribution < -0.4 is 11.3 Å². The first-order valence-corrected chi connectivity index (χ1v) is 12.0. The number of hydrogen-bond acceptors (Lipinski definition) is 5. The first-order valence-electron chi connectivity index (χ1n) is 12.0. The fraction of sp³-hybridized carbons (Fsp3) is 0.207. The average molecular weight is 482 g/mol. The van der Waals surface area contributed by atoms with Crippen molar-refractivity contribution in [3.05, 3.63) is 112 Å². The molecule has 1 amide bonds. The lowest BCUT2D eigenvalue weighted by Crippen LogP contribution is -2.48. The van der Waals surface area contributed by atoms with Gasteiger partial charge in [-0.3, -0.25) is 14.6 Å². The largest absolute Gasteiger partial charge is 0.405 e. The van der Waals surface area contributed by atoms with Crippen molar-refractivity contribution >= 4 is 17.3 Å². The highest BCUT2D eigenvalue weighted by Crippen LogP contribution is 2.26. The summed E-state index contributed by atoms with van der Waals surface area (Å²) in [6, 6.07) is 15.0. The summed E-state index contributed by atoms with van der Waals surface area (Å²) in [5.74, 6) is -0.0315. The molecule has 3 aliphatic rings.